The fourth-order valence-electron chi connectivity index (χ4n) is 1.86. The van der Waals surface area contributed by atoms with Gasteiger partial charge in [-0.15, -0.1) is 0 Å². The Balaban J connectivity index is 2.57. The summed E-state index contributed by atoms with van der Waals surface area (Å²) in [6.45, 7) is 5.24. The molecule has 1 aromatic carbocycles. The zero-order valence-electron chi connectivity index (χ0n) is 12.0. The van der Waals surface area contributed by atoms with Gasteiger partial charge in [-0.25, -0.2) is 14.2 Å². The molecule has 1 aromatic heterocycles. The van der Waals surface area contributed by atoms with Crippen LogP contribution >= 0.6 is 11.6 Å². The van der Waals surface area contributed by atoms with E-state index < -0.39 is 17.4 Å². The molecule has 0 amide bonds. The number of hydrogen-bond donors (Lipinski definition) is 0. The van der Waals surface area contributed by atoms with Gasteiger partial charge in [0.25, 0.3) is 0 Å². The fraction of sp³-hybridized carbons (Fsp3) is 0.250. The van der Waals surface area contributed by atoms with Crippen LogP contribution in [0.2, 0.25) is 5.15 Å². The summed E-state index contributed by atoms with van der Waals surface area (Å²) >= 11 is 6.02. The second kappa shape index (κ2) is 5.82. The van der Waals surface area contributed by atoms with Gasteiger partial charge in [-0.05, 0) is 32.9 Å². The lowest BCUT2D eigenvalue weighted by atomic mass is 10.0. The number of halogens is 2. The number of aromatic nitrogens is 1. The van der Waals surface area contributed by atoms with E-state index in [0.29, 0.717) is 5.56 Å². The molecule has 3 nitrogen and oxygen atoms in total. The average molecular weight is 308 g/mol. The van der Waals surface area contributed by atoms with Crippen LogP contribution in [-0.2, 0) is 4.74 Å². The lowest BCUT2D eigenvalue weighted by Gasteiger charge is -2.21. The summed E-state index contributed by atoms with van der Waals surface area (Å²) in [5.41, 5.74) is 0.0344. The molecule has 0 saturated heterocycles. The van der Waals surface area contributed by atoms with Crippen LogP contribution in [0.3, 0.4) is 0 Å². The van der Waals surface area contributed by atoms with Crippen molar-refractivity contribution in [3.05, 3.63) is 53.1 Å². The molecule has 0 N–H and O–H groups in total. The van der Waals surface area contributed by atoms with Crippen LogP contribution in [0.1, 0.15) is 31.1 Å². The number of rotatable bonds is 2. The second-order valence-electron chi connectivity index (χ2n) is 5.51. The molecular formula is C16H15ClFNO2. The second-order valence-corrected chi connectivity index (χ2v) is 5.86. The Morgan fingerprint density at radius 3 is 2.48 bits per heavy atom. The molecule has 0 aliphatic carbocycles. The van der Waals surface area contributed by atoms with Crippen LogP contribution in [-0.4, -0.2) is 16.6 Å². The maximum absolute atomic E-state index is 14.0. The van der Waals surface area contributed by atoms with Gasteiger partial charge in [-0.2, -0.15) is 0 Å². The molecule has 0 radical (unpaired) electrons. The Hall–Kier alpha value is -1.94. The van der Waals surface area contributed by atoms with E-state index in [1.165, 1.54) is 12.3 Å². The van der Waals surface area contributed by atoms with Crippen molar-refractivity contribution in [2.45, 2.75) is 26.4 Å². The Morgan fingerprint density at radius 2 is 1.86 bits per heavy atom. The Labute approximate surface area is 127 Å². The zero-order valence-corrected chi connectivity index (χ0v) is 12.7. The minimum Gasteiger partial charge on any atom is -0.456 e. The predicted octanol–water partition coefficient (Wildman–Crippen LogP) is 4.50. The van der Waals surface area contributed by atoms with E-state index in [1.54, 1.807) is 45.0 Å². The van der Waals surface area contributed by atoms with Gasteiger partial charge in [0.1, 0.15) is 22.1 Å². The highest BCUT2D eigenvalue weighted by Crippen LogP contribution is 2.31. The summed E-state index contributed by atoms with van der Waals surface area (Å²) in [5, 5.41) is -0.00926. The average Bonchev–Trinajstić information content (AvgIpc) is 2.36. The quantitative estimate of drug-likeness (QED) is 0.606. The molecule has 0 aliphatic rings. The highest BCUT2D eigenvalue weighted by atomic mass is 35.5. The molecule has 2 rings (SSSR count). The molecule has 1 heterocycles. The third kappa shape index (κ3) is 3.58. The lowest BCUT2D eigenvalue weighted by molar-refractivity contribution is 0.00703. The first-order chi connectivity index (χ1) is 9.79. The molecule has 0 spiro atoms. The molecule has 0 aliphatic heterocycles. The van der Waals surface area contributed by atoms with E-state index >= 15 is 0 Å². The highest BCUT2D eigenvalue weighted by molar-refractivity contribution is 6.33. The molecule has 0 atom stereocenters. The van der Waals surface area contributed by atoms with Crippen LogP contribution < -0.4 is 0 Å². The summed E-state index contributed by atoms with van der Waals surface area (Å²) in [6, 6.07) is 7.71. The van der Waals surface area contributed by atoms with Gasteiger partial charge in [0.05, 0.1) is 0 Å². The molecule has 21 heavy (non-hydrogen) atoms. The highest BCUT2D eigenvalue weighted by Gasteiger charge is 2.25. The first-order valence-corrected chi connectivity index (χ1v) is 6.80. The van der Waals surface area contributed by atoms with Crippen molar-refractivity contribution in [1.29, 1.82) is 0 Å². The summed E-state index contributed by atoms with van der Waals surface area (Å²) in [5.74, 6) is -1.07. The van der Waals surface area contributed by atoms with Crippen LogP contribution in [0.5, 0.6) is 0 Å². The molecule has 5 heteroatoms. The van der Waals surface area contributed by atoms with E-state index in [-0.39, 0.29) is 16.3 Å². The third-order valence-electron chi connectivity index (χ3n) is 2.67. The zero-order chi connectivity index (χ0) is 15.6. The van der Waals surface area contributed by atoms with Crippen molar-refractivity contribution in [3.63, 3.8) is 0 Å². The Kier molecular flexibility index (Phi) is 4.28. The van der Waals surface area contributed by atoms with Crippen molar-refractivity contribution >= 4 is 17.6 Å². The SMILES string of the molecule is CC(C)(C)OC(=O)c1c(-c2ccccc2F)ccnc1Cl. The number of nitrogens with zero attached hydrogens (tertiary/aromatic N) is 1. The minimum atomic E-state index is -0.678. The van der Waals surface area contributed by atoms with Crippen molar-refractivity contribution < 1.29 is 13.9 Å². The van der Waals surface area contributed by atoms with Crippen molar-refractivity contribution in [2.75, 3.05) is 0 Å². The summed E-state index contributed by atoms with van der Waals surface area (Å²) < 4.78 is 19.3. The molecule has 0 fully saturated rings. The van der Waals surface area contributed by atoms with Crippen molar-refractivity contribution in [3.8, 4) is 11.1 Å². The number of carbonyl (C=O) groups excluding carboxylic acids is 1. The molecule has 0 saturated carbocycles. The minimum absolute atomic E-state index is 0.00926. The van der Waals surface area contributed by atoms with E-state index in [9.17, 15) is 9.18 Å². The van der Waals surface area contributed by atoms with E-state index in [1.807, 2.05) is 0 Å². The Morgan fingerprint density at radius 1 is 1.19 bits per heavy atom. The number of esters is 1. The number of carbonyl (C=O) groups is 1. The van der Waals surface area contributed by atoms with Gasteiger partial charge in [-0.1, -0.05) is 29.8 Å². The first kappa shape index (κ1) is 15.4. The van der Waals surface area contributed by atoms with Crippen LogP contribution in [0.15, 0.2) is 36.5 Å². The normalized spacial score (nSPS) is 11.3. The first-order valence-electron chi connectivity index (χ1n) is 6.42. The molecule has 110 valence electrons. The summed E-state index contributed by atoms with van der Waals surface area (Å²) in [7, 11) is 0. The molecule has 0 bridgehead atoms. The number of pyridine rings is 1. The van der Waals surface area contributed by atoms with Crippen molar-refractivity contribution in [2.24, 2.45) is 0 Å². The van der Waals surface area contributed by atoms with Crippen LogP contribution in [0.25, 0.3) is 11.1 Å². The van der Waals surface area contributed by atoms with Gasteiger partial charge in [0.15, 0.2) is 0 Å². The number of benzene rings is 1. The molecule has 0 unspecified atom stereocenters. The predicted molar refractivity (Wildman–Crippen MR) is 79.8 cm³/mol. The summed E-state index contributed by atoms with van der Waals surface area (Å²) in [6.07, 6.45) is 1.43. The third-order valence-corrected chi connectivity index (χ3v) is 2.96. The van der Waals surface area contributed by atoms with E-state index in [4.69, 9.17) is 16.3 Å². The fourth-order valence-corrected chi connectivity index (χ4v) is 2.10. The number of hydrogen-bond acceptors (Lipinski definition) is 3. The van der Waals surface area contributed by atoms with Gasteiger partial charge < -0.3 is 4.74 Å². The smallest absolute Gasteiger partial charge is 0.342 e. The van der Waals surface area contributed by atoms with Gasteiger partial charge in [0, 0.05) is 17.3 Å². The molecule has 2 aromatic rings. The topological polar surface area (TPSA) is 39.2 Å². The lowest BCUT2D eigenvalue weighted by Crippen LogP contribution is -2.24. The maximum Gasteiger partial charge on any atom is 0.342 e. The standard InChI is InChI=1S/C16H15ClFNO2/c1-16(2,3)21-15(20)13-11(8-9-19-14(13)17)10-6-4-5-7-12(10)18/h4-9H,1-3H3. The van der Waals surface area contributed by atoms with Crippen molar-refractivity contribution in [1.82, 2.24) is 4.98 Å². The van der Waals surface area contributed by atoms with Gasteiger partial charge >= 0.3 is 5.97 Å². The molecular weight excluding hydrogens is 293 g/mol. The Bertz CT molecular complexity index is 680. The van der Waals surface area contributed by atoms with Crippen LogP contribution in [0.4, 0.5) is 4.39 Å². The van der Waals surface area contributed by atoms with Gasteiger partial charge in [0.2, 0.25) is 0 Å². The van der Waals surface area contributed by atoms with Crippen LogP contribution in [0, 0.1) is 5.82 Å². The van der Waals surface area contributed by atoms with Gasteiger partial charge in [-0.3, -0.25) is 0 Å². The summed E-state index contributed by atoms with van der Waals surface area (Å²) in [4.78, 5) is 16.2. The number of ether oxygens (including phenoxy) is 1. The maximum atomic E-state index is 14.0. The van der Waals surface area contributed by atoms with E-state index in [2.05, 4.69) is 4.98 Å². The largest absolute Gasteiger partial charge is 0.456 e. The monoisotopic (exact) mass is 307 g/mol. The van der Waals surface area contributed by atoms with E-state index in [0.717, 1.165) is 0 Å².